The first-order valence-electron chi connectivity index (χ1n) is 8.29. The van der Waals surface area contributed by atoms with Crippen molar-refractivity contribution in [2.24, 2.45) is 0 Å². The van der Waals surface area contributed by atoms with Gasteiger partial charge < -0.3 is 25.4 Å². The van der Waals surface area contributed by atoms with Crippen molar-refractivity contribution in [3.05, 3.63) is 17.2 Å². The van der Waals surface area contributed by atoms with Gasteiger partial charge in [-0.3, -0.25) is 4.79 Å². The molecule has 0 bridgehead atoms. The number of carbonyl (C=O) groups excluding carboxylic acids is 2. The molecule has 8 heteroatoms. The van der Waals surface area contributed by atoms with Crippen LogP contribution in [0.25, 0.3) is 0 Å². The lowest BCUT2D eigenvalue weighted by Gasteiger charge is -2.22. The van der Waals surface area contributed by atoms with E-state index in [1.165, 1.54) is 20.6 Å². The Hall–Kier alpha value is -2.15. The van der Waals surface area contributed by atoms with Gasteiger partial charge in [-0.2, -0.15) is 0 Å². The summed E-state index contributed by atoms with van der Waals surface area (Å²) in [6.07, 6.45) is 5.45. The predicted molar refractivity (Wildman–Crippen MR) is 96.6 cm³/mol. The number of methoxy groups -OCH3 is 2. The Kier molecular flexibility index (Phi) is 7.18. The molecule has 1 aliphatic rings. The van der Waals surface area contributed by atoms with Crippen LogP contribution in [0, 0.1) is 0 Å². The zero-order chi connectivity index (χ0) is 18.2. The van der Waals surface area contributed by atoms with Crippen molar-refractivity contribution in [2.45, 2.75) is 38.1 Å². The molecule has 0 aliphatic heterocycles. The molecule has 1 aromatic carbocycles. The number of benzene rings is 1. The van der Waals surface area contributed by atoms with Crippen molar-refractivity contribution in [1.29, 1.82) is 0 Å². The lowest BCUT2D eigenvalue weighted by atomic mass is 9.96. The summed E-state index contributed by atoms with van der Waals surface area (Å²) >= 11 is 6.03. The van der Waals surface area contributed by atoms with Crippen LogP contribution in [0.2, 0.25) is 5.02 Å². The second-order valence-corrected chi connectivity index (χ2v) is 6.30. The van der Waals surface area contributed by atoms with Crippen LogP contribution in [0.5, 0.6) is 11.5 Å². The number of hydrogen-bond donors (Lipinski definition) is 3. The van der Waals surface area contributed by atoms with Crippen molar-refractivity contribution >= 4 is 29.2 Å². The number of rotatable bonds is 6. The van der Waals surface area contributed by atoms with E-state index in [9.17, 15) is 9.59 Å². The van der Waals surface area contributed by atoms with Gasteiger partial charge in [0.15, 0.2) is 0 Å². The molecule has 1 aliphatic carbocycles. The van der Waals surface area contributed by atoms with Gasteiger partial charge in [-0.05, 0) is 12.8 Å². The number of hydrogen-bond acceptors (Lipinski definition) is 4. The molecule has 0 atom stereocenters. The fourth-order valence-electron chi connectivity index (χ4n) is 2.80. The van der Waals surface area contributed by atoms with Crippen molar-refractivity contribution in [1.82, 2.24) is 10.6 Å². The summed E-state index contributed by atoms with van der Waals surface area (Å²) in [6.45, 7) is -0.146. The molecule has 0 aromatic heterocycles. The van der Waals surface area contributed by atoms with Gasteiger partial charge in [0.05, 0.1) is 31.5 Å². The van der Waals surface area contributed by atoms with Gasteiger partial charge in [0.2, 0.25) is 5.91 Å². The van der Waals surface area contributed by atoms with Crippen molar-refractivity contribution in [2.75, 3.05) is 26.1 Å². The van der Waals surface area contributed by atoms with E-state index in [1.54, 1.807) is 12.1 Å². The summed E-state index contributed by atoms with van der Waals surface area (Å²) in [5.41, 5.74) is 0.420. The summed E-state index contributed by atoms with van der Waals surface area (Å²) in [5, 5.41) is 8.52. The van der Waals surface area contributed by atoms with Gasteiger partial charge in [0.1, 0.15) is 11.5 Å². The average molecular weight is 370 g/mol. The second-order valence-electron chi connectivity index (χ2n) is 5.90. The third-order valence-corrected chi connectivity index (χ3v) is 4.39. The summed E-state index contributed by atoms with van der Waals surface area (Å²) in [4.78, 5) is 24.0. The normalized spacial score (nSPS) is 14.5. The van der Waals surface area contributed by atoms with Crippen molar-refractivity contribution in [3.8, 4) is 11.5 Å². The monoisotopic (exact) mass is 369 g/mol. The molecule has 0 heterocycles. The number of carbonyl (C=O) groups is 2. The second kappa shape index (κ2) is 9.36. The molecule has 0 spiro atoms. The van der Waals surface area contributed by atoms with Gasteiger partial charge in [-0.25, -0.2) is 4.79 Å². The lowest BCUT2D eigenvalue weighted by Crippen LogP contribution is -2.45. The van der Waals surface area contributed by atoms with Gasteiger partial charge in [0, 0.05) is 18.2 Å². The Balaban J connectivity index is 1.86. The summed E-state index contributed by atoms with van der Waals surface area (Å²) in [7, 11) is 2.96. The zero-order valence-electron chi connectivity index (χ0n) is 14.5. The molecule has 138 valence electrons. The smallest absolute Gasteiger partial charge is 0.315 e. The maximum absolute atomic E-state index is 12.1. The fraction of sp³-hybridized carbons (Fsp3) is 0.529. The Bertz CT molecular complexity index is 618. The molecular formula is C17H24ClN3O4. The Morgan fingerprint density at radius 2 is 1.80 bits per heavy atom. The topological polar surface area (TPSA) is 88.7 Å². The summed E-state index contributed by atoms with van der Waals surface area (Å²) in [5.74, 6) is 0.452. The number of amides is 3. The van der Waals surface area contributed by atoms with Gasteiger partial charge in [0.25, 0.3) is 0 Å². The van der Waals surface area contributed by atoms with Crippen LogP contribution in [0.3, 0.4) is 0 Å². The standard InChI is InChI=1S/C17H24ClN3O4/c1-24-14-9-13(15(25-2)8-12(14)18)21-16(22)10-19-17(23)20-11-6-4-3-5-7-11/h8-9,11H,3-7,10H2,1-2H3,(H,21,22)(H2,19,20,23). The third-order valence-electron chi connectivity index (χ3n) is 4.10. The maximum atomic E-state index is 12.1. The molecule has 0 radical (unpaired) electrons. The van der Waals surface area contributed by atoms with Crippen LogP contribution >= 0.6 is 11.6 Å². The minimum absolute atomic E-state index is 0.146. The van der Waals surface area contributed by atoms with Crippen LogP contribution in [-0.2, 0) is 4.79 Å². The first kappa shape index (κ1) is 19.2. The van der Waals surface area contributed by atoms with E-state index in [-0.39, 0.29) is 24.5 Å². The first-order chi connectivity index (χ1) is 12.0. The molecule has 3 amide bonds. The van der Waals surface area contributed by atoms with E-state index in [1.807, 2.05) is 0 Å². The SMILES string of the molecule is COc1cc(NC(=O)CNC(=O)NC2CCCCC2)c(OC)cc1Cl. The van der Waals surface area contributed by atoms with Gasteiger partial charge in [-0.1, -0.05) is 30.9 Å². The van der Waals surface area contributed by atoms with E-state index in [2.05, 4.69) is 16.0 Å². The highest BCUT2D eigenvalue weighted by molar-refractivity contribution is 6.32. The van der Waals surface area contributed by atoms with Gasteiger partial charge >= 0.3 is 6.03 Å². The average Bonchev–Trinajstić information content (AvgIpc) is 2.62. The number of ether oxygens (including phenoxy) is 2. The van der Waals surface area contributed by atoms with Crippen LogP contribution in [0.1, 0.15) is 32.1 Å². The van der Waals surface area contributed by atoms with Crippen molar-refractivity contribution < 1.29 is 19.1 Å². The Labute approximate surface area is 152 Å². The lowest BCUT2D eigenvalue weighted by molar-refractivity contribution is -0.115. The van der Waals surface area contributed by atoms with E-state index >= 15 is 0 Å². The number of halogens is 1. The van der Waals surface area contributed by atoms with E-state index < -0.39 is 0 Å². The molecule has 3 N–H and O–H groups in total. The minimum Gasteiger partial charge on any atom is -0.495 e. The number of urea groups is 1. The molecule has 1 aromatic rings. The van der Waals surface area contributed by atoms with Crippen LogP contribution in [0.4, 0.5) is 10.5 Å². The van der Waals surface area contributed by atoms with E-state index in [0.29, 0.717) is 22.2 Å². The minimum atomic E-state index is -0.374. The zero-order valence-corrected chi connectivity index (χ0v) is 15.2. The molecule has 0 unspecified atom stereocenters. The fourth-order valence-corrected chi connectivity index (χ4v) is 3.03. The van der Waals surface area contributed by atoms with Gasteiger partial charge in [-0.15, -0.1) is 0 Å². The summed E-state index contributed by atoms with van der Waals surface area (Å²) in [6, 6.07) is 2.99. The van der Waals surface area contributed by atoms with Crippen molar-refractivity contribution in [3.63, 3.8) is 0 Å². The van der Waals surface area contributed by atoms with Crippen LogP contribution < -0.4 is 25.4 Å². The highest BCUT2D eigenvalue weighted by Gasteiger charge is 2.17. The molecule has 7 nitrogen and oxygen atoms in total. The molecule has 1 fully saturated rings. The molecule has 25 heavy (non-hydrogen) atoms. The molecule has 0 saturated heterocycles. The Morgan fingerprint density at radius 1 is 1.12 bits per heavy atom. The molecule has 1 saturated carbocycles. The third kappa shape index (κ3) is 5.70. The summed E-state index contributed by atoms with van der Waals surface area (Å²) < 4.78 is 10.3. The highest BCUT2D eigenvalue weighted by Crippen LogP contribution is 2.35. The predicted octanol–water partition coefficient (Wildman–Crippen LogP) is 2.93. The highest BCUT2D eigenvalue weighted by atomic mass is 35.5. The first-order valence-corrected chi connectivity index (χ1v) is 8.67. The molecule has 2 rings (SSSR count). The number of anilines is 1. The molecular weight excluding hydrogens is 346 g/mol. The number of nitrogens with one attached hydrogen (secondary N) is 3. The quantitative estimate of drug-likeness (QED) is 0.719. The Morgan fingerprint density at radius 3 is 2.44 bits per heavy atom. The van der Waals surface area contributed by atoms with E-state index in [4.69, 9.17) is 21.1 Å². The van der Waals surface area contributed by atoms with Crippen LogP contribution in [-0.4, -0.2) is 38.7 Å². The maximum Gasteiger partial charge on any atom is 0.315 e. The van der Waals surface area contributed by atoms with Crippen LogP contribution in [0.15, 0.2) is 12.1 Å². The van der Waals surface area contributed by atoms with E-state index in [0.717, 1.165) is 25.7 Å². The largest absolute Gasteiger partial charge is 0.495 e.